The van der Waals surface area contributed by atoms with E-state index < -0.39 is 0 Å². The summed E-state index contributed by atoms with van der Waals surface area (Å²) in [6.07, 6.45) is 0.839. The number of amides is 2. The van der Waals surface area contributed by atoms with E-state index in [0.717, 1.165) is 11.1 Å². The maximum Gasteiger partial charge on any atom is 0.237 e. The molecule has 4 heteroatoms. The number of hydrogen-bond acceptors (Lipinski definition) is 3. The average molecular weight is 295 g/mol. The molecule has 0 radical (unpaired) electrons. The molecule has 0 bridgehead atoms. The Morgan fingerprint density at radius 3 is 2.55 bits per heavy atom. The van der Waals surface area contributed by atoms with E-state index >= 15 is 0 Å². The minimum atomic E-state index is -0.367. The van der Waals surface area contributed by atoms with Gasteiger partial charge in [0.2, 0.25) is 11.8 Å². The van der Waals surface area contributed by atoms with Gasteiger partial charge in [0.15, 0.2) is 0 Å². The van der Waals surface area contributed by atoms with Crippen molar-refractivity contribution >= 4 is 11.8 Å². The first-order valence-electron chi connectivity index (χ1n) is 7.32. The topological polar surface area (TPSA) is 57.6 Å². The summed E-state index contributed by atoms with van der Waals surface area (Å²) in [6, 6.07) is 16.2. The van der Waals surface area contributed by atoms with E-state index in [1.807, 2.05) is 36.4 Å². The Labute approximate surface area is 129 Å². The first-order chi connectivity index (χ1) is 10.6. The highest BCUT2D eigenvalue weighted by molar-refractivity contribution is 6.01. The first kappa shape index (κ1) is 14.3. The predicted octanol–water partition coefficient (Wildman–Crippen LogP) is 2.83. The standard InChI is InChI=1S/C18H17NO3/c20-15-8-4-7-14(11-15)16-9-10-17(21)19(18(16)22)12-13-5-2-1-3-6-13/h1-8,11,16,20H,9-10,12H2. The van der Waals surface area contributed by atoms with E-state index in [4.69, 9.17) is 0 Å². The Kier molecular flexibility index (Phi) is 3.92. The molecule has 0 aromatic heterocycles. The van der Waals surface area contributed by atoms with E-state index in [1.165, 1.54) is 4.90 Å². The van der Waals surface area contributed by atoms with Crippen molar-refractivity contribution in [3.05, 3.63) is 65.7 Å². The van der Waals surface area contributed by atoms with Crippen LogP contribution in [0, 0.1) is 0 Å². The second kappa shape index (κ2) is 6.02. The SMILES string of the molecule is O=C1CCC(c2cccc(O)c2)C(=O)N1Cc1ccccc1. The zero-order valence-electron chi connectivity index (χ0n) is 12.1. The van der Waals surface area contributed by atoms with Crippen LogP contribution in [0.3, 0.4) is 0 Å². The molecule has 2 amide bonds. The van der Waals surface area contributed by atoms with Crippen LogP contribution in [0.5, 0.6) is 5.75 Å². The molecule has 1 atom stereocenters. The third-order valence-corrected chi connectivity index (χ3v) is 3.97. The van der Waals surface area contributed by atoms with Gasteiger partial charge in [-0.25, -0.2) is 0 Å². The van der Waals surface area contributed by atoms with Gasteiger partial charge < -0.3 is 5.11 Å². The van der Waals surface area contributed by atoms with Crippen molar-refractivity contribution in [1.82, 2.24) is 4.90 Å². The van der Waals surface area contributed by atoms with Crippen LogP contribution in [0.2, 0.25) is 0 Å². The lowest BCUT2D eigenvalue weighted by atomic mass is 9.89. The largest absolute Gasteiger partial charge is 0.508 e. The van der Waals surface area contributed by atoms with Gasteiger partial charge in [-0.2, -0.15) is 0 Å². The van der Waals surface area contributed by atoms with Crippen LogP contribution in [0.4, 0.5) is 0 Å². The van der Waals surface area contributed by atoms with Crippen molar-refractivity contribution in [3.8, 4) is 5.75 Å². The average Bonchev–Trinajstić information content (AvgIpc) is 2.52. The molecule has 1 unspecified atom stereocenters. The van der Waals surface area contributed by atoms with Crippen LogP contribution in [0.15, 0.2) is 54.6 Å². The number of nitrogens with zero attached hydrogens (tertiary/aromatic N) is 1. The minimum Gasteiger partial charge on any atom is -0.508 e. The highest BCUT2D eigenvalue weighted by Crippen LogP contribution is 2.31. The molecule has 4 nitrogen and oxygen atoms in total. The fraction of sp³-hybridized carbons (Fsp3) is 0.222. The van der Waals surface area contributed by atoms with Crippen molar-refractivity contribution in [2.24, 2.45) is 0 Å². The number of carbonyl (C=O) groups is 2. The molecule has 1 saturated heterocycles. The van der Waals surface area contributed by atoms with Crippen LogP contribution < -0.4 is 0 Å². The molecule has 1 heterocycles. The van der Waals surface area contributed by atoms with Crippen molar-refractivity contribution in [2.45, 2.75) is 25.3 Å². The number of hydrogen-bond donors (Lipinski definition) is 1. The maximum atomic E-state index is 12.7. The third-order valence-electron chi connectivity index (χ3n) is 3.97. The summed E-state index contributed by atoms with van der Waals surface area (Å²) in [5.74, 6) is -0.554. The number of phenols is 1. The second-order valence-corrected chi connectivity index (χ2v) is 5.49. The molecule has 1 aliphatic heterocycles. The summed E-state index contributed by atoms with van der Waals surface area (Å²) < 4.78 is 0. The smallest absolute Gasteiger partial charge is 0.237 e. The quantitative estimate of drug-likeness (QED) is 0.886. The molecule has 1 aliphatic rings. The number of likely N-dealkylation sites (tertiary alicyclic amines) is 1. The Balaban J connectivity index is 1.84. The van der Waals surface area contributed by atoms with Crippen LogP contribution in [-0.4, -0.2) is 21.8 Å². The van der Waals surface area contributed by atoms with Crippen LogP contribution in [0.1, 0.15) is 29.9 Å². The minimum absolute atomic E-state index is 0.134. The lowest BCUT2D eigenvalue weighted by Crippen LogP contribution is -2.43. The van der Waals surface area contributed by atoms with Gasteiger partial charge in [0.25, 0.3) is 0 Å². The number of benzene rings is 2. The number of carbonyl (C=O) groups excluding carboxylic acids is 2. The Morgan fingerprint density at radius 1 is 1.05 bits per heavy atom. The third kappa shape index (κ3) is 2.86. The normalized spacial score (nSPS) is 18.5. The van der Waals surface area contributed by atoms with Crippen molar-refractivity contribution in [3.63, 3.8) is 0 Å². The lowest BCUT2D eigenvalue weighted by Gasteiger charge is -2.31. The Morgan fingerprint density at radius 2 is 1.82 bits per heavy atom. The molecule has 1 N–H and O–H groups in total. The monoisotopic (exact) mass is 295 g/mol. The zero-order chi connectivity index (χ0) is 15.5. The lowest BCUT2D eigenvalue weighted by molar-refractivity contribution is -0.150. The molecule has 2 aromatic rings. The maximum absolute atomic E-state index is 12.7. The van der Waals surface area contributed by atoms with E-state index in [0.29, 0.717) is 19.4 Å². The fourth-order valence-corrected chi connectivity index (χ4v) is 2.82. The van der Waals surface area contributed by atoms with Gasteiger partial charge in [-0.15, -0.1) is 0 Å². The van der Waals surface area contributed by atoms with Gasteiger partial charge in [-0.1, -0.05) is 42.5 Å². The molecule has 2 aromatic carbocycles. The van der Waals surface area contributed by atoms with Crippen LogP contribution >= 0.6 is 0 Å². The fourth-order valence-electron chi connectivity index (χ4n) is 2.82. The number of piperidine rings is 1. The van der Waals surface area contributed by atoms with Crippen molar-refractivity contribution in [1.29, 1.82) is 0 Å². The highest BCUT2D eigenvalue weighted by atomic mass is 16.3. The molecule has 0 saturated carbocycles. The Bertz CT molecular complexity index is 696. The second-order valence-electron chi connectivity index (χ2n) is 5.49. The van der Waals surface area contributed by atoms with Gasteiger partial charge in [-0.05, 0) is 29.7 Å². The molecule has 0 aliphatic carbocycles. The van der Waals surface area contributed by atoms with Crippen LogP contribution in [0.25, 0.3) is 0 Å². The summed E-state index contributed by atoms with van der Waals surface area (Å²) in [5, 5.41) is 9.59. The summed E-state index contributed by atoms with van der Waals surface area (Å²) in [4.78, 5) is 26.1. The first-order valence-corrected chi connectivity index (χ1v) is 7.32. The molecule has 112 valence electrons. The molecular weight excluding hydrogens is 278 g/mol. The number of imide groups is 1. The number of rotatable bonds is 3. The number of aromatic hydroxyl groups is 1. The van der Waals surface area contributed by atoms with Crippen LogP contribution in [-0.2, 0) is 16.1 Å². The van der Waals surface area contributed by atoms with E-state index in [2.05, 4.69) is 0 Å². The molecule has 1 fully saturated rings. The van der Waals surface area contributed by atoms with Gasteiger partial charge in [0, 0.05) is 6.42 Å². The predicted molar refractivity (Wildman–Crippen MR) is 82.1 cm³/mol. The number of phenolic OH excluding ortho intramolecular Hbond substituents is 1. The summed E-state index contributed by atoms with van der Waals surface area (Å²) in [5.41, 5.74) is 1.69. The van der Waals surface area contributed by atoms with Crippen molar-refractivity contribution in [2.75, 3.05) is 0 Å². The van der Waals surface area contributed by atoms with Crippen molar-refractivity contribution < 1.29 is 14.7 Å². The summed E-state index contributed by atoms with van der Waals surface area (Å²) in [7, 11) is 0. The van der Waals surface area contributed by atoms with Gasteiger partial charge >= 0.3 is 0 Å². The van der Waals surface area contributed by atoms with Gasteiger partial charge in [0.1, 0.15) is 5.75 Å². The van der Waals surface area contributed by atoms with E-state index in [9.17, 15) is 14.7 Å². The summed E-state index contributed by atoms with van der Waals surface area (Å²) >= 11 is 0. The Hall–Kier alpha value is -2.62. The molecule has 3 rings (SSSR count). The summed E-state index contributed by atoms with van der Waals surface area (Å²) in [6.45, 7) is 0.299. The zero-order valence-corrected chi connectivity index (χ0v) is 12.1. The highest BCUT2D eigenvalue weighted by Gasteiger charge is 2.35. The van der Waals surface area contributed by atoms with E-state index in [1.54, 1.807) is 18.2 Å². The molecule has 0 spiro atoms. The van der Waals surface area contributed by atoms with Gasteiger partial charge in [-0.3, -0.25) is 14.5 Å². The molecular formula is C18H17NO3. The van der Waals surface area contributed by atoms with Gasteiger partial charge in [0.05, 0.1) is 12.5 Å². The van der Waals surface area contributed by atoms with E-state index in [-0.39, 0.29) is 23.5 Å². The molecule has 22 heavy (non-hydrogen) atoms.